The first-order chi connectivity index (χ1) is 17.6. The molecule has 1 aliphatic rings. The highest BCUT2D eigenvalue weighted by Crippen LogP contribution is 2.35. The molecule has 190 valence electrons. The van der Waals surface area contributed by atoms with Crippen molar-refractivity contribution in [3.8, 4) is 23.0 Å². The lowest BCUT2D eigenvalue weighted by atomic mass is 9.99. The van der Waals surface area contributed by atoms with Gasteiger partial charge < -0.3 is 19.1 Å². The number of aryl methyl sites for hydroxylation is 3. The molecule has 1 fully saturated rings. The number of nitrogens with one attached hydrogen (secondary N) is 1. The average Bonchev–Trinajstić information content (AvgIpc) is 3.30. The number of hydrogen-bond donors (Lipinski definition) is 2. The van der Waals surface area contributed by atoms with Crippen molar-refractivity contribution in [2.75, 3.05) is 0 Å². The predicted octanol–water partition coefficient (Wildman–Crippen LogP) is 5.55. The number of rotatable bonds is 7. The molecule has 37 heavy (non-hydrogen) atoms. The van der Waals surface area contributed by atoms with Crippen LogP contribution in [0.4, 0.5) is 4.79 Å². The molecule has 5 rings (SSSR count). The molecule has 1 saturated heterocycles. The van der Waals surface area contributed by atoms with Crippen molar-refractivity contribution in [2.24, 2.45) is 7.05 Å². The van der Waals surface area contributed by atoms with Crippen molar-refractivity contribution >= 4 is 33.9 Å². The number of benzene rings is 3. The zero-order valence-corrected chi connectivity index (χ0v) is 21.8. The van der Waals surface area contributed by atoms with E-state index in [9.17, 15) is 14.7 Å². The first-order valence-corrected chi connectivity index (χ1v) is 12.6. The third kappa shape index (κ3) is 4.99. The van der Waals surface area contributed by atoms with Crippen LogP contribution >= 0.6 is 11.8 Å². The normalized spacial score (nSPS) is 17.3. The first kappa shape index (κ1) is 24.7. The number of amides is 2. The molecule has 1 aromatic heterocycles. The van der Waals surface area contributed by atoms with Gasteiger partial charge in [-0.05, 0) is 92.0 Å². The van der Waals surface area contributed by atoms with Crippen molar-refractivity contribution in [1.82, 2.24) is 14.9 Å². The molecule has 0 radical (unpaired) electrons. The number of carbonyl (C=O) groups is 2. The summed E-state index contributed by atoms with van der Waals surface area (Å²) in [6.45, 7) is 5.78. The van der Waals surface area contributed by atoms with Crippen LogP contribution in [0.3, 0.4) is 0 Å². The fourth-order valence-electron chi connectivity index (χ4n) is 4.28. The van der Waals surface area contributed by atoms with E-state index in [1.165, 1.54) is 0 Å². The Kier molecular flexibility index (Phi) is 6.33. The van der Waals surface area contributed by atoms with Crippen LogP contribution in [0.25, 0.3) is 11.0 Å². The second-order valence-corrected chi connectivity index (χ2v) is 10.9. The maximum absolute atomic E-state index is 12.1. The quantitative estimate of drug-likeness (QED) is 0.331. The number of nitrogens with zero attached hydrogens (tertiary/aromatic N) is 2. The predicted molar refractivity (Wildman–Crippen MR) is 142 cm³/mol. The standard InChI is InChI=1S/C28H27N3O5S/c1-16-12-24(17(2)11-23(16)32)36-20-9-10-21-22(13-20)31(4)25(29-21)15-35-19-7-5-18(6-8-19)14-28(3)26(33)30-27(34)37-28/h5-13,32H,14-15H2,1-4H3,(H,30,33,34)/t28-/m0/s1. The molecular weight excluding hydrogens is 490 g/mol. The summed E-state index contributed by atoms with van der Waals surface area (Å²) in [7, 11) is 1.93. The molecule has 0 aliphatic carbocycles. The zero-order valence-electron chi connectivity index (χ0n) is 21.0. The summed E-state index contributed by atoms with van der Waals surface area (Å²) >= 11 is 1.03. The van der Waals surface area contributed by atoms with Crippen molar-refractivity contribution in [2.45, 2.75) is 38.5 Å². The fourth-order valence-corrected chi connectivity index (χ4v) is 5.22. The van der Waals surface area contributed by atoms with E-state index < -0.39 is 4.75 Å². The van der Waals surface area contributed by atoms with E-state index in [1.807, 2.05) is 74.0 Å². The number of carbonyl (C=O) groups excluding carboxylic acids is 2. The van der Waals surface area contributed by atoms with E-state index in [0.29, 0.717) is 23.7 Å². The van der Waals surface area contributed by atoms with Gasteiger partial charge in [0, 0.05) is 13.1 Å². The highest BCUT2D eigenvalue weighted by atomic mass is 32.2. The van der Waals surface area contributed by atoms with Crippen LogP contribution in [-0.2, 0) is 24.9 Å². The van der Waals surface area contributed by atoms with E-state index >= 15 is 0 Å². The van der Waals surface area contributed by atoms with E-state index in [4.69, 9.17) is 14.5 Å². The van der Waals surface area contributed by atoms with Crippen molar-refractivity contribution in [3.05, 3.63) is 77.1 Å². The summed E-state index contributed by atoms with van der Waals surface area (Å²) in [5.74, 6) is 2.80. The molecule has 1 atom stereocenters. The van der Waals surface area contributed by atoms with Gasteiger partial charge in [0.15, 0.2) is 0 Å². The molecule has 1 aliphatic heterocycles. The number of imidazole rings is 1. The molecular formula is C28H27N3O5S. The van der Waals surface area contributed by atoms with Crippen molar-refractivity contribution < 1.29 is 24.2 Å². The number of aromatic nitrogens is 2. The summed E-state index contributed by atoms with van der Waals surface area (Å²) in [4.78, 5) is 28.3. The Hall–Kier alpha value is -3.98. The van der Waals surface area contributed by atoms with E-state index in [-0.39, 0.29) is 23.5 Å². The van der Waals surface area contributed by atoms with Crippen LogP contribution in [0.1, 0.15) is 29.4 Å². The number of phenolic OH excluding ortho intramolecular Hbond substituents is 1. The Bertz CT molecular complexity index is 1530. The first-order valence-electron chi connectivity index (χ1n) is 11.8. The Morgan fingerprint density at radius 2 is 1.76 bits per heavy atom. The number of hydrogen-bond acceptors (Lipinski definition) is 7. The van der Waals surface area contributed by atoms with Crippen LogP contribution in [-0.4, -0.2) is 30.6 Å². The highest BCUT2D eigenvalue weighted by Gasteiger charge is 2.43. The SMILES string of the molecule is Cc1cc(Oc2ccc3nc(COc4ccc(C[C@]5(C)SC(=O)NC5=O)cc4)n(C)c3c2)c(C)cc1O. The maximum Gasteiger partial charge on any atom is 0.286 e. The number of fused-ring (bicyclic) bond motifs is 1. The number of phenols is 1. The molecule has 2 N–H and O–H groups in total. The third-order valence-corrected chi connectivity index (χ3v) is 7.58. The molecule has 2 amide bonds. The van der Waals surface area contributed by atoms with Crippen LogP contribution in [0, 0.1) is 13.8 Å². The largest absolute Gasteiger partial charge is 0.508 e. The number of thioether (sulfide) groups is 1. The van der Waals surface area contributed by atoms with Gasteiger partial charge in [-0.15, -0.1) is 0 Å². The summed E-state index contributed by atoms with van der Waals surface area (Å²) in [5.41, 5.74) is 4.29. The summed E-state index contributed by atoms with van der Waals surface area (Å²) in [5, 5.41) is 11.9. The molecule has 0 unspecified atom stereocenters. The lowest BCUT2D eigenvalue weighted by molar-refractivity contribution is -0.121. The average molecular weight is 518 g/mol. The summed E-state index contributed by atoms with van der Waals surface area (Å²) < 4.78 is 13.3. The van der Waals surface area contributed by atoms with E-state index in [0.717, 1.165) is 45.3 Å². The zero-order chi connectivity index (χ0) is 26.3. The van der Waals surface area contributed by atoms with Crippen molar-refractivity contribution in [1.29, 1.82) is 0 Å². The summed E-state index contributed by atoms with van der Waals surface area (Å²) in [6.07, 6.45) is 0.452. The minimum atomic E-state index is -0.797. The van der Waals surface area contributed by atoms with Crippen LogP contribution < -0.4 is 14.8 Å². The molecule has 9 heteroatoms. The van der Waals surface area contributed by atoms with Gasteiger partial charge in [-0.3, -0.25) is 14.9 Å². The molecule has 8 nitrogen and oxygen atoms in total. The van der Waals surface area contributed by atoms with Gasteiger partial charge in [0.1, 0.15) is 40.2 Å². The monoisotopic (exact) mass is 517 g/mol. The van der Waals surface area contributed by atoms with Gasteiger partial charge in [0.2, 0.25) is 5.91 Å². The fraction of sp³-hybridized carbons (Fsp3) is 0.250. The molecule has 0 saturated carbocycles. The molecule has 0 spiro atoms. The van der Waals surface area contributed by atoms with Crippen LogP contribution in [0.5, 0.6) is 23.0 Å². The smallest absolute Gasteiger partial charge is 0.286 e. The van der Waals surface area contributed by atoms with Gasteiger partial charge in [0.05, 0.1) is 11.0 Å². The number of aromatic hydroxyl groups is 1. The van der Waals surface area contributed by atoms with Gasteiger partial charge in [-0.1, -0.05) is 12.1 Å². The number of imide groups is 1. The minimum absolute atomic E-state index is 0.247. The molecule has 0 bridgehead atoms. The molecule has 3 aromatic carbocycles. The van der Waals surface area contributed by atoms with Crippen molar-refractivity contribution in [3.63, 3.8) is 0 Å². The van der Waals surface area contributed by atoms with Gasteiger partial charge in [-0.2, -0.15) is 0 Å². The third-order valence-electron chi connectivity index (χ3n) is 6.51. The van der Waals surface area contributed by atoms with Gasteiger partial charge >= 0.3 is 0 Å². The minimum Gasteiger partial charge on any atom is -0.508 e. The highest BCUT2D eigenvalue weighted by molar-refractivity contribution is 8.16. The van der Waals surface area contributed by atoms with Gasteiger partial charge in [0.25, 0.3) is 5.24 Å². The van der Waals surface area contributed by atoms with Crippen LogP contribution in [0.15, 0.2) is 54.6 Å². The topological polar surface area (TPSA) is 103 Å². The second-order valence-electron chi connectivity index (χ2n) is 9.43. The van der Waals surface area contributed by atoms with E-state index in [2.05, 4.69) is 5.32 Å². The Balaban J connectivity index is 1.27. The number of ether oxygens (including phenoxy) is 2. The molecule has 4 aromatic rings. The maximum atomic E-state index is 12.1. The van der Waals surface area contributed by atoms with Crippen LogP contribution in [0.2, 0.25) is 0 Å². The molecule has 2 heterocycles. The van der Waals surface area contributed by atoms with Gasteiger partial charge in [-0.25, -0.2) is 4.98 Å². The van der Waals surface area contributed by atoms with E-state index in [1.54, 1.807) is 13.0 Å². The lowest BCUT2D eigenvalue weighted by Gasteiger charge is -2.18. The lowest BCUT2D eigenvalue weighted by Crippen LogP contribution is -2.35. The Labute approximate surface area is 218 Å². The summed E-state index contributed by atoms with van der Waals surface area (Å²) in [6, 6.07) is 16.8. The Morgan fingerprint density at radius 1 is 1.03 bits per heavy atom. The Morgan fingerprint density at radius 3 is 2.46 bits per heavy atom. The second kappa shape index (κ2) is 9.48.